The van der Waals surface area contributed by atoms with E-state index in [1.54, 1.807) is 0 Å². The SMILES string of the molecule is BrCC1C=CCN1. The summed E-state index contributed by atoms with van der Waals surface area (Å²) in [5, 5.41) is 4.28. The lowest BCUT2D eigenvalue weighted by molar-refractivity contribution is 0.738. The van der Waals surface area contributed by atoms with Crippen LogP contribution >= 0.6 is 15.9 Å². The third kappa shape index (κ3) is 1.28. The summed E-state index contributed by atoms with van der Waals surface area (Å²) in [4.78, 5) is 0. The summed E-state index contributed by atoms with van der Waals surface area (Å²) in [5.41, 5.74) is 0. The highest BCUT2D eigenvalue weighted by atomic mass is 79.9. The standard InChI is InChI=1S/C5H8BrN/c6-4-5-2-1-3-7-5/h1-2,5,7H,3-4H2. The Bertz CT molecular complexity index is 80.1. The second-order valence-corrected chi connectivity index (χ2v) is 2.24. The number of nitrogens with one attached hydrogen (secondary N) is 1. The van der Waals surface area contributed by atoms with Crippen LogP contribution in [0.25, 0.3) is 0 Å². The van der Waals surface area contributed by atoms with Crippen molar-refractivity contribution in [3.05, 3.63) is 12.2 Å². The predicted octanol–water partition coefficient (Wildman–Crippen LogP) is 0.909. The molecule has 0 saturated heterocycles. The Balaban J connectivity index is 2.28. The summed E-state index contributed by atoms with van der Waals surface area (Å²) in [6, 6.07) is 0.583. The highest BCUT2D eigenvalue weighted by Gasteiger charge is 2.02. The quantitative estimate of drug-likeness (QED) is 0.446. The molecule has 0 bridgehead atoms. The van der Waals surface area contributed by atoms with Crippen molar-refractivity contribution < 1.29 is 0 Å². The van der Waals surface area contributed by atoms with Gasteiger partial charge in [-0.2, -0.15) is 0 Å². The van der Waals surface area contributed by atoms with Crippen LogP contribution < -0.4 is 5.32 Å². The average Bonchev–Trinajstić information content (AvgIpc) is 2.14. The Kier molecular flexibility index (Phi) is 1.88. The highest BCUT2D eigenvalue weighted by molar-refractivity contribution is 9.09. The zero-order valence-corrected chi connectivity index (χ0v) is 5.61. The summed E-state index contributed by atoms with van der Waals surface area (Å²) in [6.07, 6.45) is 4.32. The third-order valence-electron chi connectivity index (χ3n) is 1.03. The zero-order chi connectivity index (χ0) is 5.11. The number of halogens is 1. The van der Waals surface area contributed by atoms with Gasteiger partial charge in [-0.25, -0.2) is 0 Å². The number of hydrogen-bond donors (Lipinski definition) is 1. The molecule has 0 radical (unpaired) electrons. The van der Waals surface area contributed by atoms with Crippen molar-refractivity contribution in [2.75, 3.05) is 11.9 Å². The first-order chi connectivity index (χ1) is 3.43. The molecule has 1 rings (SSSR count). The van der Waals surface area contributed by atoms with Crippen molar-refractivity contribution in [3.8, 4) is 0 Å². The van der Waals surface area contributed by atoms with Gasteiger partial charge in [0.15, 0.2) is 0 Å². The van der Waals surface area contributed by atoms with Gasteiger partial charge in [-0.1, -0.05) is 28.1 Å². The summed E-state index contributed by atoms with van der Waals surface area (Å²) in [7, 11) is 0. The predicted molar refractivity (Wildman–Crippen MR) is 34.7 cm³/mol. The van der Waals surface area contributed by atoms with E-state index >= 15 is 0 Å². The molecule has 1 atom stereocenters. The second-order valence-electron chi connectivity index (χ2n) is 1.60. The fourth-order valence-corrected chi connectivity index (χ4v) is 1.07. The van der Waals surface area contributed by atoms with E-state index < -0.39 is 0 Å². The summed E-state index contributed by atoms with van der Waals surface area (Å²) in [5.74, 6) is 0. The van der Waals surface area contributed by atoms with Crippen LogP contribution in [0.3, 0.4) is 0 Å². The summed E-state index contributed by atoms with van der Waals surface area (Å²) in [6.45, 7) is 1.04. The minimum Gasteiger partial charge on any atom is -0.306 e. The van der Waals surface area contributed by atoms with E-state index in [1.165, 1.54) is 0 Å². The molecular formula is C5H8BrN. The maximum Gasteiger partial charge on any atom is 0.0350 e. The third-order valence-corrected chi connectivity index (χ3v) is 1.73. The lowest BCUT2D eigenvalue weighted by Gasteiger charge is -1.99. The van der Waals surface area contributed by atoms with Crippen molar-refractivity contribution in [3.63, 3.8) is 0 Å². The topological polar surface area (TPSA) is 12.0 Å². The second kappa shape index (κ2) is 2.48. The van der Waals surface area contributed by atoms with E-state index in [1.807, 2.05) is 0 Å². The molecule has 0 aromatic carbocycles. The average molecular weight is 162 g/mol. The molecule has 1 heterocycles. The first kappa shape index (κ1) is 5.32. The largest absolute Gasteiger partial charge is 0.306 e. The van der Waals surface area contributed by atoms with Crippen LogP contribution in [-0.4, -0.2) is 17.9 Å². The molecule has 0 aliphatic carbocycles. The number of rotatable bonds is 1. The van der Waals surface area contributed by atoms with Crippen LogP contribution in [0.2, 0.25) is 0 Å². The first-order valence-corrected chi connectivity index (χ1v) is 3.51. The molecule has 1 N–H and O–H groups in total. The lowest BCUT2D eigenvalue weighted by atomic mass is 10.4. The minimum atomic E-state index is 0.583. The van der Waals surface area contributed by atoms with Gasteiger partial charge >= 0.3 is 0 Å². The molecule has 7 heavy (non-hydrogen) atoms. The Morgan fingerprint density at radius 3 is 3.00 bits per heavy atom. The van der Waals surface area contributed by atoms with Gasteiger partial charge in [0.2, 0.25) is 0 Å². The highest BCUT2D eigenvalue weighted by Crippen LogP contribution is 1.96. The molecule has 0 spiro atoms. The van der Waals surface area contributed by atoms with Crippen LogP contribution in [0.15, 0.2) is 12.2 Å². The van der Waals surface area contributed by atoms with Crippen LogP contribution in [0.5, 0.6) is 0 Å². The molecule has 0 fully saturated rings. The van der Waals surface area contributed by atoms with E-state index in [0.717, 1.165) is 11.9 Å². The van der Waals surface area contributed by atoms with E-state index in [0.29, 0.717) is 6.04 Å². The van der Waals surface area contributed by atoms with Gasteiger partial charge in [0.1, 0.15) is 0 Å². The van der Waals surface area contributed by atoms with Gasteiger partial charge in [0.25, 0.3) is 0 Å². The monoisotopic (exact) mass is 161 g/mol. The number of alkyl halides is 1. The van der Waals surface area contributed by atoms with E-state index in [4.69, 9.17) is 0 Å². The smallest absolute Gasteiger partial charge is 0.0350 e. The van der Waals surface area contributed by atoms with Crippen LogP contribution in [0.4, 0.5) is 0 Å². The molecule has 1 nitrogen and oxygen atoms in total. The molecule has 2 heteroatoms. The molecule has 0 aromatic heterocycles. The Morgan fingerprint density at radius 2 is 2.71 bits per heavy atom. The molecule has 40 valence electrons. The normalized spacial score (nSPS) is 29.0. The molecule has 0 amide bonds. The van der Waals surface area contributed by atoms with Gasteiger partial charge in [0, 0.05) is 17.9 Å². The first-order valence-electron chi connectivity index (χ1n) is 2.39. The van der Waals surface area contributed by atoms with Crippen LogP contribution in [0.1, 0.15) is 0 Å². The molecular weight excluding hydrogens is 154 g/mol. The van der Waals surface area contributed by atoms with E-state index in [-0.39, 0.29) is 0 Å². The fourth-order valence-electron chi connectivity index (χ4n) is 0.626. The van der Waals surface area contributed by atoms with Crippen LogP contribution in [-0.2, 0) is 0 Å². The molecule has 0 aromatic rings. The van der Waals surface area contributed by atoms with Crippen molar-refractivity contribution >= 4 is 15.9 Å². The zero-order valence-electron chi connectivity index (χ0n) is 4.02. The Labute approximate surface area is 51.9 Å². The van der Waals surface area contributed by atoms with Crippen molar-refractivity contribution in [1.29, 1.82) is 0 Å². The van der Waals surface area contributed by atoms with E-state index in [9.17, 15) is 0 Å². The van der Waals surface area contributed by atoms with Gasteiger partial charge in [-0.15, -0.1) is 0 Å². The van der Waals surface area contributed by atoms with Crippen molar-refractivity contribution in [2.24, 2.45) is 0 Å². The van der Waals surface area contributed by atoms with Crippen molar-refractivity contribution in [2.45, 2.75) is 6.04 Å². The van der Waals surface area contributed by atoms with Crippen molar-refractivity contribution in [1.82, 2.24) is 5.32 Å². The number of hydrogen-bond acceptors (Lipinski definition) is 1. The Morgan fingerprint density at radius 1 is 1.86 bits per heavy atom. The lowest BCUT2D eigenvalue weighted by Crippen LogP contribution is -2.22. The van der Waals surface area contributed by atoms with E-state index in [2.05, 4.69) is 33.4 Å². The van der Waals surface area contributed by atoms with Gasteiger partial charge in [-0.3, -0.25) is 0 Å². The van der Waals surface area contributed by atoms with Gasteiger partial charge in [-0.05, 0) is 0 Å². The molecule has 1 aliphatic rings. The summed E-state index contributed by atoms with van der Waals surface area (Å²) >= 11 is 3.36. The molecule has 1 unspecified atom stereocenters. The fraction of sp³-hybridized carbons (Fsp3) is 0.600. The van der Waals surface area contributed by atoms with Gasteiger partial charge in [0.05, 0.1) is 0 Å². The Hall–Kier alpha value is 0.180. The molecule has 1 aliphatic heterocycles. The summed E-state index contributed by atoms with van der Waals surface area (Å²) < 4.78 is 0. The molecule has 0 saturated carbocycles. The minimum absolute atomic E-state index is 0.583. The van der Waals surface area contributed by atoms with Crippen LogP contribution in [0, 0.1) is 0 Å². The maximum absolute atomic E-state index is 3.36. The van der Waals surface area contributed by atoms with Gasteiger partial charge < -0.3 is 5.32 Å². The maximum atomic E-state index is 3.36.